The Morgan fingerprint density at radius 2 is 1.20 bits per heavy atom. The Hall–Kier alpha value is -5.84. The number of fused-ring (bicyclic) bond motifs is 7. The van der Waals surface area contributed by atoms with E-state index >= 15 is 0 Å². The predicted octanol–water partition coefficient (Wildman–Crippen LogP) is 11.6. The molecule has 3 heterocycles. The maximum absolute atomic E-state index is 5.38. The van der Waals surface area contributed by atoms with Crippen LogP contribution in [0.2, 0.25) is 0 Å². The Bertz CT molecular complexity index is 2910. The molecule has 1 aliphatic rings. The molecule has 11 rings (SSSR count). The predicted molar refractivity (Wildman–Crippen MR) is 194 cm³/mol. The van der Waals surface area contributed by atoms with Crippen LogP contribution in [0, 0.1) is 0 Å². The van der Waals surface area contributed by atoms with Crippen molar-refractivity contribution in [3.8, 4) is 39.5 Å². The molecule has 0 unspecified atom stereocenters. The fourth-order valence-electron chi connectivity index (χ4n) is 7.89. The fourth-order valence-corrected chi connectivity index (χ4v) is 9.03. The van der Waals surface area contributed by atoms with Gasteiger partial charge in [0.05, 0.1) is 22.2 Å². The molecule has 1 aliphatic carbocycles. The zero-order valence-corrected chi connectivity index (χ0v) is 25.3. The number of hydrogen-bond acceptors (Lipinski definition) is 3. The van der Waals surface area contributed by atoms with Gasteiger partial charge in [0.2, 0.25) is 5.95 Å². The van der Waals surface area contributed by atoms with Gasteiger partial charge in [-0.1, -0.05) is 115 Å². The van der Waals surface area contributed by atoms with Gasteiger partial charge < -0.3 is 0 Å². The highest BCUT2D eigenvalue weighted by Crippen LogP contribution is 2.54. The SMILES string of the molecule is c1ccc(-c2nc(-n3c4cccc5c4c4c(c6c(cc43)sc3ccccc36)-c3cccc4cccc-5c34)nc3ccccc23)cc1. The molecular formula is C42H23N3S. The second-order valence-electron chi connectivity index (χ2n) is 12.1. The summed E-state index contributed by atoms with van der Waals surface area (Å²) in [6, 6.07) is 50.3. The van der Waals surface area contributed by atoms with Crippen LogP contribution in [0.15, 0.2) is 140 Å². The van der Waals surface area contributed by atoms with Crippen molar-refractivity contribution in [1.82, 2.24) is 14.5 Å². The highest BCUT2D eigenvalue weighted by Gasteiger charge is 2.28. The van der Waals surface area contributed by atoms with E-state index in [9.17, 15) is 0 Å². The van der Waals surface area contributed by atoms with Crippen LogP contribution in [0.4, 0.5) is 0 Å². The molecule has 3 nitrogen and oxygen atoms in total. The lowest BCUT2D eigenvalue weighted by Crippen LogP contribution is -2.03. The van der Waals surface area contributed by atoms with E-state index in [0.29, 0.717) is 5.95 Å². The number of para-hydroxylation sites is 1. The summed E-state index contributed by atoms with van der Waals surface area (Å²) < 4.78 is 4.89. The lowest BCUT2D eigenvalue weighted by molar-refractivity contribution is 1.01. The van der Waals surface area contributed by atoms with Gasteiger partial charge in [-0.3, -0.25) is 4.57 Å². The van der Waals surface area contributed by atoms with E-state index in [4.69, 9.17) is 9.97 Å². The summed E-state index contributed by atoms with van der Waals surface area (Å²) >= 11 is 1.87. The van der Waals surface area contributed by atoms with Crippen LogP contribution in [0.25, 0.3) is 103 Å². The number of aromatic nitrogens is 3. The van der Waals surface area contributed by atoms with E-state index in [0.717, 1.165) is 33.2 Å². The van der Waals surface area contributed by atoms with Crippen LogP contribution in [-0.2, 0) is 0 Å². The first-order chi connectivity index (χ1) is 22.8. The molecule has 3 aromatic heterocycles. The average Bonchev–Trinajstić information content (AvgIpc) is 3.61. The summed E-state index contributed by atoms with van der Waals surface area (Å²) in [6.45, 7) is 0. The van der Waals surface area contributed by atoms with E-state index in [1.165, 1.54) is 64.0 Å². The lowest BCUT2D eigenvalue weighted by Gasteiger charge is -2.15. The zero-order chi connectivity index (χ0) is 29.9. The summed E-state index contributed by atoms with van der Waals surface area (Å²) in [5, 5.41) is 8.79. The topological polar surface area (TPSA) is 30.7 Å². The third kappa shape index (κ3) is 3.11. The summed E-state index contributed by atoms with van der Waals surface area (Å²) in [4.78, 5) is 10.6. The molecule has 0 atom stereocenters. The Labute approximate surface area is 267 Å². The summed E-state index contributed by atoms with van der Waals surface area (Å²) in [6.07, 6.45) is 0. The lowest BCUT2D eigenvalue weighted by atomic mass is 9.91. The van der Waals surface area contributed by atoms with Gasteiger partial charge in [-0.25, -0.2) is 9.97 Å². The molecule has 0 spiro atoms. The summed E-state index contributed by atoms with van der Waals surface area (Å²) in [7, 11) is 0. The number of nitrogens with zero attached hydrogens (tertiary/aromatic N) is 3. The van der Waals surface area contributed by atoms with Gasteiger partial charge in [0.1, 0.15) is 0 Å². The van der Waals surface area contributed by atoms with Gasteiger partial charge in [0.25, 0.3) is 0 Å². The Morgan fingerprint density at radius 3 is 2.07 bits per heavy atom. The molecule has 212 valence electrons. The van der Waals surface area contributed by atoms with Gasteiger partial charge >= 0.3 is 0 Å². The van der Waals surface area contributed by atoms with Crippen molar-refractivity contribution < 1.29 is 0 Å². The maximum Gasteiger partial charge on any atom is 0.235 e. The first kappa shape index (κ1) is 24.5. The van der Waals surface area contributed by atoms with Crippen molar-refractivity contribution in [1.29, 1.82) is 0 Å². The van der Waals surface area contributed by atoms with Gasteiger partial charge in [0.15, 0.2) is 0 Å². The van der Waals surface area contributed by atoms with Gasteiger partial charge in [0, 0.05) is 47.5 Å². The summed E-state index contributed by atoms with van der Waals surface area (Å²) in [5.74, 6) is 0.688. The molecule has 46 heavy (non-hydrogen) atoms. The Balaban J connectivity index is 1.39. The Kier molecular flexibility index (Phi) is 4.72. The van der Waals surface area contributed by atoms with Crippen LogP contribution in [-0.4, -0.2) is 14.5 Å². The molecule has 10 aromatic rings. The molecule has 0 N–H and O–H groups in total. The van der Waals surface area contributed by atoms with E-state index in [2.05, 4.69) is 144 Å². The van der Waals surface area contributed by atoms with Gasteiger partial charge in [-0.05, 0) is 51.7 Å². The van der Waals surface area contributed by atoms with Crippen LogP contribution in [0.1, 0.15) is 0 Å². The molecule has 0 aliphatic heterocycles. The first-order valence-corrected chi connectivity index (χ1v) is 16.4. The van der Waals surface area contributed by atoms with E-state index in [1.54, 1.807) is 0 Å². The number of hydrogen-bond donors (Lipinski definition) is 0. The molecule has 0 radical (unpaired) electrons. The van der Waals surface area contributed by atoms with Crippen LogP contribution >= 0.6 is 11.3 Å². The number of benzene rings is 7. The van der Waals surface area contributed by atoms with Crippen LogP contribution in [0.3, 0.4) is 0 Å². The largest absolute Gasteiger partial charge is 0.278 e. The number of thiophene rings is 1. The second kappa shape index (κ2) is 8.87. The quantitative estimate of drug-likeness (QED) is 0.197. The van der Waals surface area contributed by atoms with Crippen molar-refractivity contribution in [3.63, 3.8) is 0 Å². The Morgan fingerprint density at radius 1 is 0.478 bits per heavy atom. The maximum atomic E-state index is 5.38. The highest BCUT2D eigenvalue weighted by molar-refractivity contribution is 7.26. The van der Waals surface area contributed by atoms with Gasteiger partial charge in [-0.15, -0.1) is 11.3 Å². The van der Waals surface area contributed by atoms with E-state index in [-0.39, 0.29) is 0 Å². The molecule has 4 heteroatoms. The van der Waals surface area contributed by atoms with Crippen molar-refractivity contribution in [2.75, 3.05) is 0 Å². The van der Waals surface area contributed by atoms with E-state index in [1.807, 2.05) is 11.3 Å². The second-order valence-corrected chi connectivity index (χ2v) is 13.2. The molecule has 7 aromatic carbocycles. The molecule has 0 bridgehead atoms. The average molecular weight is 602 g/mol. The van der Waals surface area contributed by atoms with Crippen LogP contribution < -0.4 is 0 Å². The van der Waals surface area contributed by atoms with Gasteiger partial charge in [-0.2, -0.15) is 0 Å². The molecule has 0 saturated heterocycles. The third-order valence-corrected chi connectivity index (χ3v) is 10.8. The monoisotopic (exact) mass is 601 g/mol. The van der Waals surface area contributed by atoms with Crippen molar-refractivity contribution in [3.05, 3.63) is 140 Å². The van der Waals surface area contributed by atoms with Crippen molar-refractivity contribution >= 4 is 75.0 Å². The highest BCUT2D eigenvalue weighted by atomic mass is 32.1. The molecular weight excluding hydrogens is 579 g/mol. The number of rotatable bonds is 2. The first-order valence-electron chi connectivity index (χ1n) is 15.6. The molecule has 0 amide bonds. The standard InChI is InChI=1S/C42H23N3S/c1-2-11-25(12-3-1)41-28-15-4-6-20-31(28)43-42(44-41)45-32-21-10-18-27-26-17-8-13-24-14-9-19-30(36(24)26)39-38-29-16-5-7-22-34(29)46-35(38)23-33(45)40(39)37(27)32/h1-23H. The smallest absolute Gasteiger partial charge is 0.235 e. The minimum atomic E-state index is 0.688. The molecule has 0 saturated carbocycles. The minimum Gasteiger partial charge on any atom is -0.278 e. The van der Waals surface area contributed by atoms with E-state index < -0.39 is 0 Å². The minimum absolute atomic E-state index is 0.688. The zero-order valence-electron chi connectivity index (χ0n) is 24.5. The molecule has 0 fully saturated rings. The van der Waals surface area contributed by atoms with Crippen molar-refractivity contribution in [2.24, 2.45) is 0 Å². The fraction of sp³-hybridized carbons (Fsp3) is 0. The normalized spacial score (nSPS) is 12.3. The summed E-state index contributed by atoms with van der Waals surface area (Å²) in [5.41, 5.74) is 10.3. The van der Waals surface area contributed by atoms with Crippen molar-refractivity contribution in [2.45, 2.75) is 0 Å². The third-order valence-electron chi connectivity index (χ3n) is 9.72. The van der Waals surface area contributed by atoms with Crippen LogP contribution in [0.5, 0.6) is 0 Å².